The molecule has 0 saturated carbocycles. The monoisotopic (exact) mass is 398 g/mol. The SMILES string of the molecule is CNC(=O)c1cc(Nc2nnc(-c3ccc(C)cc3)c3ccccc23)ccc1OC. The molecule has 0 saturated heterocycles. The summed E-state index contributed by atoms with van der Waals surface area (Å²) in [6.45, 7) is 2.06. The zero-order chi connectivity index (χ0) is 21.1. The first kappa shape index (κ1) is 19.4. The Balaban J connectivity index is 1.77. The third-order valence-electron chi connectivity index (χ3n) is 4.95. The van der Waals surface area contributed by atoms with E-state index in [0.717, 1.165) is 27.7 Å². The zero-order valence-electron chi connectivity index (χ0n) is 17.1. The molecule has 4 aromatic rings. The minimum Gasteiger partial charge on any atom is -0.496 e. The molecule has 6 heteroatoms. The van der Waals surface area contributed by atoms with Gasteiger partial charge in [-0.05, 0) is 25.1 Å². The van der Waals surface area contributed by atoms with Crippen molar-refractivity contribution >= 4 is 28.2 Å². The summed E-state index contributed by atoms with van der Waals surface area (Å²) in [5.74, 6) is 0.904. The van der Waals surface area contributed by atoms with Crippen LogP contribution in [0.3, 0.4) is 0 Å². The fraction of sp³-hybridized carbons (Fsp3) is 0.125. The second-order valence-electron chi connectivity index (χ2n) is 6.93. The van der Waals surface area contributed by atoms with Crippen molar-refractivity contribution in [1.29, 1.82) is 0 Å². The molecule has 6 nitrogen and oxygen atoms in total. The van der Waals surface area contributed by atoms with Gasteiger partial charge in [0.15, 0.2) is 5.82 Å². The van der Waals surface area contributed by atoms with Crippen LogP contribution in [0.1, 0.15) is 15.9 Å². The number of aryl methyl sites for hydroxylation is 1. The van der Waals surface area contributed by atoms with Crippen LogP contribution in [0.2, 0.25) is 0 Å². The Labute approximate surface area is 174 Å². The molecule has 0 aliphatic heterocycles. The van der Waals surface area contributed by atoms with E-state index < -0.39 is 0 Å². The molecule has 0 unspecified atom stereocenters. The molecule has 1 amide bonds. The van der Waals surface area contributed by atoms with E-state index in [1.807, 2.05) is 30.3 Å². The van der Waals surface area contributed by atoms with Gasteiger partial charge in [0, 0.05) is 29.1 Å². The highest BCUT2D eigenvalue weighted by Gasteiger charge is 2.14. The molecule has 1 heterocycles. The van der Waals surface area contributed by atoms with Crippen LogP contribution in [-0.2, 0) is 0 Å². The number of carbonyl (C=O) groups is 1. The predicted octanol–water partition coefficient (Wildman–Crippen LogP) is 4.72. The van der Waals surface area contributed by atoms with Crippen LogP contribution in [0, 0.1) is 6.92 Å². The van der Waals surface area contributed by atoms with E-state index in [-0.39, 0.29) is 5.91 Å². The van der Waals surface area contributed by atoms with Crippen LogP contribution in [0.5, 0.6) is 5.75 Å². The van der Waals surface area contributed by atoms with E-state index in [1.54, 1.807) is 19.2 Å². The maximum atomic E-state index is 12.2. The number of fused-ring (bicyclic) bond motifs is 1. The predicted molar refractivity (Wildman–Crippen MR) is 119 cm³/mol. The maximum Gasteiger partial charge on any atom is 0.254 e. The molecule has 150 valence electrons. The Kier molecular flexibility index (Phi) is 5.30. The van der Waals surface area contributed by atoms with Gasteiger partial charge in [-0.2, -0.15) is 0 Å². The molecule has 0 fully saturated rings. The average Bonchev–Trinajstić information content (AvgIpc) is 2.79. The van der Waals surface area contributed by atoms with E-state index >= 15 is 0 Å². The Hall–Kier alpha value is -3.93. The van der Waals surface area contributed by atoms with E-state index in [0.29, 0.717) is 17.1 Å². The van der Waals surface area contributed by atoms with Gasteiger partial charge in [-0.15, -0.1) is 10.2 Å². The lowest BCUT2D eigenvalue weighted by molar-refractivity contribution is 0.0960. The van der Waals surface area contributed by atoms with Crippen molar-refractivity contribution in [3.05, 3.63) is 77.9 Å². The van der Waals surface area contributed by atoms with E-state index in [1.165, 1.54) is 12.7 Å². The quantitative estimate of drug-likeness (QED) is 0.509. The minimum absolute atomic E-state index is 0.221. The van der Waals surface area contributed by atoms with Crippen molar-refractivity contribution in [2.24, 2.45) is 0 Å². The lowest BCUT2D eigenvalue weighted by atomic mass is 10.0. The van der Waals surface area contributed by atoms with Gasteiger partial charge < -0.3 is 15.4 Å². The molecular formula is C24H22N4O2. The number of aromatic nitrogens is 2. The Bertz CT molecular complexity index is 1220. The van der Waals surface area contributed by atoms with E-state index in [9.17, 15) is 4.79 Å². The van der Waals surface area contributed by atoms with E-state index in [4.69, 9.17) is 4.74 Å². The van der Waals surface area contributed by atoms with Crippen LogP contribution in [0.4, 0.5) is 11.5 Å². The van der Waals surface area contributed by atoms with Crippen LogP contribution in [0.15, 0.2) is 66.7 Å². The standard InChI is InChI=1S/C24H22N4O2/c1-15-8-10-16(11-9-15)22-18-6-4-5-7-19(18)23(28-27-22)26-17-12-13-21(30-3)20(14-17)24(29)25-2/h4-14H,1-3H3,(H,25,29)(H,26,28). The van der Waals surface area contributed by atoms with Gasteiger partial charge in [0.1, 0.15) is 11.4 Å². The Morgan fingerprint density at radius 1 is 0.933 bits per heavy atom. The summed E-state index contributed by atoms with van der Waals surface area (Å²) in [7, 11) is 3.13. The number of anilines is 2. The lowest BCUT2D eigenvalue weighted by Crippen LogP contribution is -2.18. The van der Waals surface area contributed by atoms with Gasteiger partial charge in [-0.1, -0.05) is 54.1 Å². The number of carbonyl (C=O) groups excluding carboxylic acids is 1. The topological polar surface area (TPSA) is 76.1 Å². The molecule has 4 rings (SSSR count). The third-order valence-corrected chi connectivity index (χ3v) is 4.95. The molecular weight excluding hydrogens is 376 g/mol. The number of hydrogen-bond donors (Lipinski definition) is 2. The summed E-state index contributed by atoms with van der Waals surface area (Å²) in [5.41, 5.74) is 4.20. The van der Waals surface area contributed by atoms with Gasteiger partial charge >= 0.3 is 0 Å². The maximum absolute atomic E-state index is 12.2. The normalized spacial score (nSPS) is 10.6. The molecule has 0 radical (unpaired) electrons. The van der Waals surface area contributed by atoms with Crippen molar-refractivity contribution in [2.45, 2.75) is 6.92 Å². The molecule has 0 aliphatic carbocycles. The molecule has 0 spiro atoms. The minimum atomic E-state index is -0.221. The number of hydrogen-bond acceptors (Lipinski definition) is 5. The fourth-order valence-electron chi connectivity index (χ4n) is 3.36. The van der Waals surface area contributed by atoms with Crippen molar-refractivity contribution in [3.63, 3.8) is 0 Å². The van der Waals surface area contributed by atoms with Gasteiger partial charge in [-0.3, -0.25) is 4.79 Å². The number of amides is 1. The summed E-state index contributed by atoms with van der Waals surface area (Å²) >= 11 is 0. The summed E-state index contributed by atoms with van der Waals surface area (Å²) in [5, 5.41) is 16.8. The van der Waals surface area contributed by atoms with Gasteiger partial charge in [-0.25, -0.2) is 0 Å². The summed E-state index contributed by atoms with van der Waals surface area (Å²) in [4.78, 5) is 12.2. The van der Waals surface area contributed by atoms with Crippen LogP contribution < -0.4 is 15.4 Å². The smallest absolute Gasteiger partial charge is 0.254 e. The van der Waals surface area contributed by atoms with Crippen LogP contribution in [-0.4, -0.2) is 30.3 Å². The van der Waals surface area contributed by atoms with Crippen LogP contribution >= 0.6 is 0 Å². The Morgan fingerprint density at radius 2 is 1.67 bits per heavy atom. The molecule has 1 aromatic heterocycles. The van der Waals surface area contributed by atoms with Crippen molar-refractivity contribution in [2.75, 3.05) is 19.5 Å². The highest BCUT2D eigenvalue weighted by molar-refractivity contribution is 6.01. The number of ether oxygens (including phenoxy) is 1. The Morgan fingerprint density at radius 3 is 2.37 bits per heavy atom. The lowest BCUT2D eigenvalue weighted by Gasteiger charge is -2.13. The molecule has 0 atom stereocenters. The number of rotatable bonds is 5. The summed E-state index contributed by atoms with van der Waals surface area (Å²) < 4.78 is 5.30. The first-order valence-electron chi connectivity index (χ1n) is 9.60. The molecule has 30 heavy (non-hydrogen) atoms. The fourth-order valence-corrected chi connectivity index (χ4v) is 3.36. The molecule has 0 aliphatic rings. The number of methoxy groups -OCH3 is 1. The largest absolute Gasteiger partial charge is 0.496 e. The van der Waals surface area contributed by atoms with Gasteiger partial charge in [0.05, 0.1) is 12.7 Å². The van der Waals surface area contributed by atoms with E-state index in [2.05, 4.69) is 52.0 Å². The third kappa shape index (κ3) is 3.67. The molecule has 3 aromatic carbocycles. The molecule has 0 bridgehead atoms. The summed E-state index contributed by atoms with van der Waals surface area (Å²) in [6, 6.07) is 21.6. The zero-order valence-corrected chi connectivity index (χ0v) is 17.1. The first-order valence-corrected chi connectivity index (χ1v) is 9.60. The summed E-state index contributed by atoms with van der Waals surface area (Å²) in [6.07, 6.45) is 0. The highest BCUT2D eigenvalue weighted by Crippen LogP contribution is 2.32. The van der Waals surface area contributed by atoms with Gasteiger partial charge in [0.2, 0.25) is 0 Å². The molecule has 2 N–H and O–H groups in total. The first-order chi connectivity index (χ1) is 14.6. The number of nitrogens with zero attached hydrogens (tertiary/aromatic N) is 2. The second-order valence-corrected chi connectivity index (χ2v) is 6.93. The highest BCUT2D eigenvalue weighted by atomic mass is 16.5. The van der Waals surface area contributed by atoms with Gasteiger partial charge in [0.25, 0.3) is 5.91 Å². The van der Waals surface area contributed by atoms with Crippen molar-refractivity contribution in [3.8, 4) is 17.0 Å². The van der Waals surface area contributed by atoms with Crippen molar-refractivity contribution < 1.29 is 9.53 Å². The second kappa shape index (κ2) is 8.21. The average molecular weight is 398 g/mol. The number of benzene rings is 3. The number of nitrogens with one attached hydrogen (secondary N) is 2. The van der Waals surface area contributed by atoms with Crippen molar-refractivity contribution in [1.82, 2.24) is 15.5 Å². The van der Waals surface area contributed by atoms with Crippen LogP contribution in [0.25, 0.3) is 22.0 Å².